The van der Waals surface area contributed by atoms with Gasteiger partial charge in [0.1, 0.15) is 0 Å². The second-order valence-electron chi connectivity index (χ2n) is 3.57. The van der Waals surface area contributed by atoms with Gasteiger partial charge in [-0.3, -0.25) is 0 Å². The van der Waals surface area contributed by atoms with Crippen LogP contribution < -0.4 is 5.32 Å². The largest absolute Gasteiger partial charge is 0.391 e. The van der Waals surface area contributed by atoms with Gasteiger partial charge >= 0.3 is 0 Å². The van der Waals surface area contributed by atoms with E-state index in [2.05, 4.69) is 23.5 Å². The Morgan fingerprint density at radius 3 is 2.92 bits per heavy atom. The van der Waals surface area contributed by atoms with E-state index in [-0.39, 0.29) is 12.1 Å². The highest BCUT2D eigenvalue weighted by atomic mass is 16.3. The molecule has 2 unspecified atom stereocenters. The van der Waals surface area contributed by atoms with Crippen LogP contribution in [0.5, 0.6) is 0 Å². The molecule has 1 aromatic rings. The van der Waals surface area contributed by atoms with E-state index < -0.39 is 0 Å². The number of benzene rings is 1. The number of aliphatic hydroxyl groups is 1. The Balaban J connectivity index is 2.39. The molecule has 0 fully saturated rings. The van der Waals surface area contributed by atoms with Crippen molar-refractivity contribution in [1.82, 2.24) is 5.32 Å². The highest BCUT2D eigenvalue weighted by Gasteiger charge is 2.25. The summed E-state index contributed by atoms with van der Waals surface area (Å²) < 4.78 is 0. The van der Waals surface area contributed by atoms with Crippen molar-refractivity contribution in [1.29, 1.82) is 0 Å². The lowest BCUT2D eigenvalue weighted by molar-refractivity contribution is 0.114. The maximum Gasteiger partial charge on any atom is 0.0738 e. The van der Waals surface area contributed by atoms with Crippen molar-refractivity contribution in [2.24, 2.45) is 0 Å². The third-order valence-electron chi connectivity index (χ3n) is 2.80. The van der Waals surface area contributed by atoms with Crippen LogP contribution in [0.25, 0.3) is 0 Å². The Hall–Kier alpha value is -0.860. The minimum Gasteiger partial charge on any atom is -0.391 e. The van der Waals surface area contributed by atoms with Gasteiger partial charge in [0, 0.05) is 0 Å². The summed E-state index contributed by atoms with van der Waals surface area (Å²) in [6, 6.07) is 8.44. The zero-order chi connectivity index (χ0) is 9.26. The molecule has 0 saturated heterocycles. The molecule has 0 bridgehead atoms. The van der Waals surface area contributed by atoms with Gasteiger partial charge in [0.05, 0.1) is 12.1 Å². The first kappa shape index (κ1) is 8.73. The van der Waals surface area contributed by atoms with Crippen molar-refractivity contribution in [3.8, 4) is 0 Å². The zero-order valence-corrected chi connectivity index (χ0v) is 7.83. The molecular formula is C11H15NO. The smallest absolute Gasteiger partial charge is 0.0738 e. The molecule has 1 aromatic carbocycles. The van der Waals surface area contributed by atoms with E-state index in [1.807, 2.05) is 13.1 Å². The average Bonchev–Trinajstić information content (AvgIpc) is 2.18. The molecule has 2 nitrogen and oxygen atoms in total. The van der Waals surface area contributed by atoms with Gasteiger partial charge in [-0.1, -0.05) is 24.3 Å². The minimum absolute atomic E-state index is 0.116. The molecule has 0 aliphatic heterocycles. The summed E-state index contributed by atoms with van der Waals surface area (Å²) in [5.74, 6) is 0. The number of aliphatic hydroxyl groups excluding tert-OH is 1. The standard InChI is InChI=1S/C11H15NO/c1-12-11-9-5-3-2-4-8(9)6-7-10(11)13/h2-5,10-13H,6-7H2,1H3. The van der Waals surface area contributed by atoms with Crippen LogP contribution in [0.4, 0.5) is 0 Å². The van der Waals surface area contributed by atoms with Crippen LogP contribution in [-0.2, 0) is 6.42 Å². The van der Waals surface area contributed by atoms with Crippen LogP contribution in [0.1, 0.15) is 23.6 Å². The summed E-state index contributed by atoms with van der Waals surface area (Å²) in [6.45, 7) is 0. The van der Waals surface area contributed by atoms with Gasteiger partial charge in [0.15, 0.2) is 0 Å². The third-order valence-corrected chi connectivity index (χ3v) is 2.80. The summed E-state index contributed by atoms with van der Waals surface area (Å²) in [5.41, 5.74) is 2.62. The van der Waals surface area contributed by atoms with Crippen molar-refractivity contribution in [3.05, 3.63) is 35.4 Å². The van der Waals surface area contributed by atoms with E-state index in [0.29, 0.717) is 0 Å². The van der Waals surface area contributed by atoms with Gasteiger partial charge in [0.2, 0.25) is 0 Å². The first-order chi connectivity index (χ1) is 6.33. The second-order valence-corrected chi connectivity index (χ2v) is 3.57. The molecule has 2 atom stereocenters. The third kappa shape index (κ3) is 1.47. The highest BCUT2D eigenvalue weighted by molar-refractivity contribution is 5.33. The van der Waals surface area contributed by atoms with Gasteiger partial charge in [-0.15, -0.1) is 0 Å². The van der Waals surface area contributed by atoms with Crippen molar-refractivity contribution in [2.75, 3.05) is 7.05 Å². The van der Waals surface area contributed by atoms with Crippen molar-refractivity contribution in [2.45, 2.75) is 25.0 Å². The van der Waals surface area contributed by atoms with Gasteiger partial charge in [0.25, 0.3) is 0 Å². The van der Waals surface area contributed by atoms with Gasteiger partial charge in [-0.2, -0.15) is 0 Å². The summed E-state index contributed by atoms with van der Waals surface area (Å²) in [7, 11) is 1.90. The lowest BCUT2D eigenvalue weighted by Crippen LogP contribution is -2.33. The fraction of sp³-hybridized carbons (Fsp3) is 0.455. The fourth-order valence-corrected chi connectivity index (χ4v) is 2.09. The molecule has 1 aliphatic carbocycles. The maximum absolute atomic E-state index is 9.75. The molecule has 0 aromatic heterocycles. The summed E-state index contributed by atoms with van der Waals surface area (Å²) >= 11 is 0. The van der Waals surface area contributed by atoms with Gasteiger partial charge in [-0.05, 0) is 31.0 Å². The molecule has 2 rings (SSSR count). The Labute approximate surface area is 78.6 Å². The van der Waals surface area contributed by atoms with E-state index in [1.54, 1.807) is 0 Å². The fourth-order valence-electron chi connectivity index (χ4n) is 2.09. The highest BCUT2D eigenvalue weighted by Crippen LogP contribution is 2.29. The van der Waals surface area contributed by atoms with Crippen LogP contribution in [0, 0.1) is 0 Å². The Kier molecular flexibility index (Phi) is 2.34. The predicted molar refractivity (Wildman–Crippen MR) is 52.6 cm³/mol. The SMILES string of the molecule is CNC1c2ccccc2CCC1O. The quantitative estimate of drug-likeness (QED) is 0.676. The lowest BCUT2D eigenvalue weighted by Gasteiger charge is -2.29. The number of nitrogens with one attached hydrogen (secondary N) is 1. The number of rotatable bonds is 1. The monoisotopic (exact) mass is 177 g/mol. The molecule has 70 valence electrons. The van der Waals surface area contributed by atoms with Crippen LogP contribution in [0.3, 0.4) is 0 Å². The Morgan fingerprint density at radius 1 is 1.38 bits per heavy atom. The molecule has 1 aliphatic rings. The van der Waals surface area contributed by atoms with Gasteiger partial charge in [-0.25, -0.2) is 0 Å². The predicted octanol–water partition coefficient (Wildman–Crippen LogP) is 1.25. The summed E-state index contributed by atoms with van der Waals surface area (Å²) in [6.07, 6.45) is 1.62. The van der Waals surface area contributed by atoms with Gasteiger partial charge < -0.3 is 10.4 Å². The average molecular weight is 177 g/mol. The zero-order valence-electron chi connectivity index (χ0n) is 7.83. The normalized spacial score (nSPS) is 26.9. The first-order valence-electron chi connectivity index (χ1n) is 4.76. The van der Waals surface area contributed by atoms with E-state index in [0.717, 1.165) is 12.8 Å². The molecule has 13 heavy (non-hydrogen) atoms. The minimum atomic E-state index is -0.236. The molecule has 0 amide bonds. The molecule has 0 radical (unpaired) electrons. The summed E-state index contributed by atoms with van der Waals surface area (Å²) in [4.78, 5) is 0. The van der Waals surface area contributed by atoms with Crippen LogP contribution in [0.2, 0.25) is 0 Å². The topological polar surface area (TPSA) is 32.3 Å². The molecule has 0 saturated carbocycles. The number of hydrogen-bond donors (Lipinski definition) is 2. The number of fused-ring (bicyclic) bond motifs is 1. The number of likely N-dealkylation sites (N-methyl/N-ethyl adjacent to an activating group) is 1. The van der Waals surface area contributed by atoms with E-state index in [1.165, 1.54) is 11.1 Å². The molecular weight excluding hydrogens is 162 g/mol. The lowest BCUT2D eigenvalue weighted by atomic mass is 9.86. The Morgan fingerprint density at radius 2 is 2.15 bits per heavy atom. The van der Waals surface area contributed by atoms with Crippen molar-refractivity contribution >= 4 is 0 Å². The van der Waals surface area contributed by atoms with Crippen LogP contribution in [0.15, 0.2) is 24.3 Å². The van der Waals surface area contributed by atoms with E-state index in [9.17, 15) is 5.11 Å². The summed E-state index contributed by atoms with van der Waals surface area (Å²) in [5, 5.41) is 12.9. The number of aryl methyl sites for hydroxylation is 1. The second kappa shape index (κ2) is 3.48. The Bertz CT molecular complexity index is 298. The molecule has 2 heteroatoms. The van der Waals surface area contributed by atoms with Crippen molar-refractivity contribution < 1.29 is 5.11 Å². The van der Waals surface area contributed by atoms with Crippen LogP contribution in [-0.4, -0.2) is 18.3 Å². The van der Waals surface area contributed by atoms with E-state index in [4.69, 9.17) is 0 Å². The molecule has 2 N–H and O–H groups in total. The molecule has 0 spiro atoms. The number of hydrogen-bond acceptors (Lipinski definition) is 2. The van der Waals surface area contributed by atoms with Crippen molar-refractivity contribution in [3.63, 3.8) is 0 Å². The molecule has 0 heterocycles. The first-order valence-corrected chi connectivity index (χ1v) is 4.76. The maximum atomic E-state index is 9.75. The van der Waals surface area contributed by atoms with Crippen LogP contribution >= 0.6 is 0 Å². The van der Waals surface area contributed by atoms with E-state index >= 15 is 0 Å².